The highest BCUT2D eigenvalue weighted by atomic mass is 19.1. The minimum absolute atomic E-state index is 0.0513. The van der Waals surface area contributed by atoms with E-state index in [0.717, 1.165) is 18.6 Å². The van der Waals surface area contributed by atoms with Crippen LogP contribution in [0.3, 0.4) is 0 Å². The number of nitrogens with one attached hydrogen (secondary N) is 1. The summed E-state index contributed by atoms with van der Waals surface area (Å²) in [6.07, 6.45) is 0.912. The normalized spacial score (nSPS) is 22.9. The Morgan fingerprint density at radius 2 is 2.10 bits per heavy atom. The maximum Gasteiger partial charge on any atom is 0.233 e. The summed E-state index contributed by atoms with van der Waals surface area (Å²) in [5, 5.41) is 7.22. The van der Waals surface area contributed by atoms with E-state index in [2.05, 4.69) is 15.5 Å². The van der Waals surface area contributed by atoms with Crippen LogP contribution in [0.2, 0.25) is 0 Å². The standard InChI is InChI=1S/C14H16FN3O2/c1-16-12-6-7-19-8-11(12)14-17-13(18-20-14)9-2-4-10(15)5-3-9/h2-5,11-12,16H,6-8H2,1H3. The summed E-state index contributed by atoms with van der Waals surface area (Å²) in [6.45, 7) is 1.30. The molecule has 1 saturated heterocycles. The van der Waals surface area contributed by atoms with E-state index in [-0.39, 0.29) is 17.8 Å². The Bertz CT molecular complexity index is 570. The van der Waals surface area contributed by atoms with E-state index in [9.17, 15) is 4.39 Å². The monoisotopic (exact) mass is 277 g/mol. The SMILES string of the molecule is CNC1CCOCC1c1nc(-c2ccc(F)cc2)no1. The molecular weight excluding hydrogens is 261 g/mol. The van der Waals surface area contributed by atoms with Gasteiger partial charge in [0.1, 0.15) is 5.82 Å². The number of hydrogen-bond acceptors (Lipinski definition) is 5. The Morgan fingerprint density at radius 3 is 2.85 bits per heavy atom. The van der Waals surface area contributed by atoms with Gasteiger partial charge < -0.3 is 14.6 Å². The molecule has 0 saturated carbocycles. The molecule has 2 aromatic rings. The second-order valence-electron chi connectivity index (χ2n) is 4.83. The van der Waals surface area contributed by atoms with E-state index < -0.39 is 0 Å². The molecule has 6 heteroatoms. The van der Waals surface area contributed by atoms with Crippen LogP contribution < -0.4 is 5.32 Å². The highest BCUT2D eigenvalue weighted by molar-refractivity contribution is 5.53. The third kappa shape index (κ3) is 2.57. The Hall–Kier alpha value is -1.79. The van der Waals surface area contributed by atoms with Gasteiger partial charge in [0.05, 0.1) is 12.5 Å². The maximum absolute atomic E-state index is 12.9. The summed E-state index contributed by atoms with van der Waals surface area (Å²) >= 11 is 0. The Balaban J connectivity index is 1.84. The molecule has 2 unspecified atom stereocenters. The zero-order chi connectivity index (χ0) is 13.9. The first kappa shape index (κ1) is 13.2. The number of aromatic nitrogens is 2. The lowest BCUT2D eigenvalue weighted by molar-refractivity contribution is 0.0516. The van der Waals surface area contributed by atoms with E-state index >= 15 is 0 Å². The molecule has 5 nitrogen and oxygen atoms in total. The van der Waals surface area contributed by atoms with E-state index in [1.807, 2.05) is 7.05 Å². The number of rotatable bonds is 3. The van der Waals surface area contributed by atoms with Crippen LogP contribution in [0, 0.1) is 5.82 Å². The molecule has 2 heterocycles. The topological polar surface area (TPSA) is 60.2 Å². The van der Waals surface area contributed by atoms with Crippen LogP contribution in [0.15, 0.2) is 28.8 Å². The first-order valence-corrected chi connectivity index (χ1v) is 6.62. The van der Waals surface area contributed by atoms with Crippen molar-refractivity contribution in [2.75, 3.05) is 20.3 Å². The van der Waals surface area contributed by atoms with Crippen molar-refractivity contribution >= 4 is 0 Å². The molecule has 0 bridgehead atoms. The minimum atomic E-state index is -0.284. The van der Waals surface area contributed by atoms with Crippen molar-refractivity contribution in [2.24, 2.45) is 0 Å². The molecule has 0 amide bonds. The zero-order valence-electron chi connectivity index (χ0n) is 11.2. The lowest BCUT2D eigenvalue weighted by atomic mass is 9.96. The number of halogens is 1. The predicted octanol–water partition coefficient (Wildman–Crippen LogP) is 1.97. The fourth-order valence-electron chi connectivity index (χ4n) is 2.43. The van der Waals surface area contributed by atoms with Crippen LogP contribution in [-0.4, -0.2) is 36.4 Å². The van der Waals surface area contributed by atoms with Crippen molar-refractivity contribution in [3.05, 3.63) is 36.0 Å². The summed E-state index contributed by atoms with van der Waals surface area (Å²) in [6, 6.07) is 6.30. The molecule has 1 aliphatic rings. The lowest BCUT2D eigenvalue weighted by Crippen LogP contribution is -2.39. The van der Waals surface area contributed by atoms with Crippen LogP contribution in [0.5, 0.6) is 0 Å². The van der Waals surface area contributed by atoms with Crippen LogP contribution in [0.1, 0.15) is 18.2 Å². The fraction of sp³-hybridized carbons (Fsp3) is 0.429. The minimum Gasteiger partial charge on any atom is -0.381 e. The lowest BCUT2D eigenvalue weighted by Gasteiger charge is -2.28. The van der Waals surface area contributed by atoms with Gasteiger partial charge in [-0.2, -0.15) is 4.98 Å². The molecule has 0 spiro atoms. The van der Waals surface area contributed by atoms with Crippen molar-refractivity contribution in [1.29, 1.82) is 0 Å². The molecule has 1 aliphatic heterocycles. The smallest absolute Gasteiger partial charge is 0.233 e. The largest absolute Gasteiger partial charge is 0.381 e. The summed E-state index contributed by atoms with van der Waals surface area (Å²) < 4.78 is 23.7. The predicted molar refractivity (Wildman–Crippen MR) is 70.7 cm³/mol. The van der Waals surface area contributed by atoms with Crippen LogP contribution in [0.4, 0.5) is 4.39 Å². The van der Waals surface area contributed by atoms with Crippen LogP contribution in [-0.2, 0) is 4.74 Å². The number of nitrogens with zero attached hydrogens (tertiary/aromatic N) is 2. The molecule has 1 fully saturated rings. The first-order valence-electron chi connectivity index (χ1n) is 6.62. The molecular formula is C14H16FN3O2. The van der Waals surface area contributed by atoms with Gasteiger partial charge >= 0.3 is 0 Å². The number of ether oxygens (including phenoxy) is 1. The maximum atomic E-state index is 12.9. The van der Waals surface area contributed by atoms with Gasteiger partial charge in [0.25, 0.3) is 0 Å². The van der Waals surface area contributed by atoms with Crippen LogP contribution in [0.25, 0.3) is 11.4 Å². The second kappa shape index (κ2) is 5.68. The average molecular weight is 277 g/mol. The third-order valence-electron chi connectivity index (χ3n) is 3.59. The second-order valence-corrected chi connectivity index (χ2v) is 4.83. The van der Waals surface area contributed by atoms with Crippen molar-refractivity contribution in [1.82, 2.24) is 15.5 Å². The van der Waals surface area contributed by atoms with Gasteiger partial charge in [0.2, 0.25) is 11.7 Å². The molecule has 20 heavy (non-hydrogen) atoms. The van der Waals surface area contributed by atoms with Gasteiger partial charge in [-0.25, -0.2) is 4.39 Å². The van der Waals surface area contributed by atoms with Gasteiger partial charge in [0.15, 0.2) is 0 Å². The number of likely N-dealkylation sites (N-methyl/N-ethyl adjacent to an activating group) is 1. The summed E-state index contributed by atoms with van der Waals surface area (Å²) in [4.78, 5) is 4.41. The molecule has 0 radical (unpaired) electrons. The van der Waals surface area contributed by atoms with Crippen LogP contribution >= 0.6 is 0 Å². The Labute approximate surface area is 116 Å². The Morgan fingerprint density at radius 1 is 1.30 bits per heavy atom. The molecule has 1 aromatic heterocycles. The quantitative estimate of drug-likeness (QED) is 0.929. The highest BCUT2D eigenvalue weighted by Gasteiger charge is 2.30. The van der Waals surface area contributed by atoms with Crippen molar-refractivity contribution in [3.8, 4) is 11.4 Å². The van der Waals surface area contributed by atoms with Gasteiger partial charge in [-0.15, -0.1) is 0 Å². The molecule has 3 rings (SSSR count). The van der Waals surface area contributed by atoms with E-state index in [4.69, 9.17) is 9.26 Å². The van der Waals surface area contributed by atoms with Gasteiger partial charge in [-0.3, -0.25) is 0 Å². The first-order chi connectivity index (χ1) is 9.78. The van der Waals surface area contributed by atoms with Gasteiger partial charge in [0, 0.05) is 18.2 Å². The fourth-order valence-corrected chi connectivity index (χ4v) is 2.43. The van der Waals surface area contributed by atoms with Gasteiger partial charge in [-0.05, 0) is 37.7 Å². The van der Waals surface area contributed by atoms with Crippen molar-refractivity contribution in [2.45, 2.75) is 18.4 Å². The molecule has 0 aliphatic carbocycles. The summed E-state index contributed by atoms with van der Waals surface area (Å²) in [7, 11) is 1.92. The zero-order valence-corrected chi connectivity index (χ0v) is 11.2. The van der Waals surface area contributed by atoms with Gasteiger partial charge in [-0.1, -0.05) is 5.16 Å². The van der Waals surface area contributed by atoms with E-state index in [1.54, 1.807) is 12.1 Å². The molecule has 1 N–H and O–H groups in total. The van der Waals surface area contributed by atoms with E-state index in [0.29, 0.717) is 18.3 Å². The summed E-state index contributed by atoms with van der Waals surface area (Å²) in [5.41, 5.74) is 0.735. The van der Waals surface area contributed by atoms with Crippen molar-refractivity contribution in [3.63, 3.8) is 0 Å². The third-order valence-corrected chi connectivity index (χ3v) is 3.59. The molecule has 1 aromatic carbocycles. The average Bonchev–Trinajstić information content (AvgIpc) is 2.97. The number of benzene rings is 1. The summed E-state index contributed by atoms with van der Waals surface area (Å²) in [5.74, 6) is 0.799. The van der Waals surface area contributed by atoms with E-state index in [1.165, 1.54) is 12.1 Å². The number of hydrogen-bond donors (Lipinski definition) is 1. The Kier molecular flexibility index (Phi) is 3.75. The molecule has 106 valence electrons. The highest BCUT2D eigenvalue weighted by Crippen LogP contribution is 2.26. The van der Waals surface area contributed by atoms with Crippen molar-refractivity contribution < 1.29 is 13.7 Å². The molecule has 2 atom stereocenters.